The summed E-state index contributed by atoms with van der Waals surface area (Å²) in [7, 11) is 1.54. The summed E-state index contributed by atoms with van der Waals surface area (Å²) in [5.74, 6) is 0.0929. The molecule has 0 fully saturated rings. The predicted octanol–water partition coefficient (Wildman–Crippen LogP) is 9.94. The zero-order valence-electron chi connectivity index (χ0n) is 31.8. The lowest BCUT2D eigenvalue weighted by Crippen LogP contribution is -2.24. The van der Waals surface area contributed by atoms with E-state index in [1.807, 2.05) is 36.4 Å². The summed E-state index contributed by atoms with van der Waals surface area (Å²) >= 11 is 0. The Morgan fingerprint density at radius 1 is 0.764 bits per heavy atom. The Labute approximate surface area is 319 Å². The Kier molecular flexibility index (Phi) is 9.38. The van der Waals surface area contributed by atoms with Gasteiger partial charge in [0.2, 0.25) is 5.91 Å². The van der Waals surface area contributed by atoms with Crippen LogP contribution >= 0.6 is 0 Å². The van der Waals surface area contributed by atoms with Crippen LogP contribution in [0.25, 0.3) is 33.5 Å². The maximum atomic E-state index is 14.4. The largest absolute Gasteiger partial charge is 0.507 e. The number of aromatic hydroxyl groups is 1. The van der Waals surface area contributed by atoms with Gasteiger partial charge >= 0.3 is 0 Å². The van der Waals surface area contributed by atoms with E-state index in [2.05, 4.69) is 45.3 Å². The molecule has 0 atom stereocenters. The number of aromatic nitrogens is 2. The summed E-state index contributed by atoms with van der Waals surface area (Å²) in [6.45, 7) is 12.5. The van der Waals surface area contributed by atoms with E-state index in [1.54, 1.807) is 48.5 Å². The standard InChI is InChI=1S/C45H42N4O6/c1-25(50)46-33-22-28(54-7)20-21-31(33)42-48-39-29-12-8-9-13-30(29)41(52)37-34(47-43(53)32-14-10-11-15-35(32)51)23-36(40(49-42)38(37)39)55-27-18-16-26(17-19-27)45(5,6)24-44(2,3)4/h8-23,51H,24H2,1-7H3,(H,46,50)(H,47,53). The number of ketones is 1. The average Bonchev–Trinajstić information content (AvgIpc) is 3.13. The summed E-state index contributed by atoms with van der Waals surface area (Å²) in [5, 5.41) is 16.7. The summed E-state index contributed by atoms with van der Waals surface area (Å²) in [4.78, 5) is 50.6. The summed E-state index contributed by atoms with van der Waals surface area (Å²) in [6, 6.07) is 28.0. The second kappa shape index (κ2) is 14.0. The monoisotopic (exact) mass is 734 g/mol. The fraction of sp³-hybridized carbons (Fsp3) is 0.222. The molecule has 0 saturated heterocycles. The number of carbonyl (C=O) groups is 3. The predicted molar refractivity (Wildman–Crippen MR) is 214 cm³/mol. The smallest absolute Gasteiger partial charge is 0.259 e. The molecule has 6 aromatic rings. The third-order valence-electron chi connectivity index (χ3n) is 9.60. The second-order valence-corrected chi connectivity index (χ2v) is 15.6. The van der Waals surface area contributed by atoms with E-state index in [4.69, 9.17) is 19.4 Å². The van der Waals surface area contributed by atoms with Gasteiger partial charge in [-0.25, -0.2) is 9.97 Å². The molecule has 1 aromatic heterocycles. The first-order valence-corrected chi connectivity index (χ1v) is 18.0. The molecule has 10 nitrogen and oxygen atoms in total. The van der Waals surface area contributed by atoms with Crippen molar-refractivity contribution < 1.29 is 29.0 Å². The molecule has 0 unspecified atom stereocenters. The normalized spacial score (nSPS) is 12.2. The van der Waals surface area contributed by atoms with E-state index in [0.29, 0.717) is 50.5 Å². The third-order valence-corrected chi connectivity index (χ3v) is 9.60. The van der Waals surface area contributed by atoms with Crippen molar-refractivity contribution in [2.75, 3.05) is 17.7 Å². The topological polar surface area (TPSA) is 140 Å². The zero-order valence-corrected chi connectivity index (χ0v) is 31.8. The highest BCUT2D eigenvalue weighted by molar-refractivity contribution is 6.29. The number of phenols is 1. The van der Waals surface area contributed by atoms with Crippen molar-refractivity contribution in [3.05, 3.63) is 119 Å². The minimum absolute atomic E-state index is 0.0335. The highest BCUT2D eigenvalue weighted by Gasteiger charge is 2.33. The maximum Gasteiger partial charge on any atom is 0.259 e. The molecular formula is C45H42N4O6. The number of rotatable bonds is 9. The number of nitrogens with one attached hydrogen (secondary N) is 2. The fourth-order valence-corrected chi connectivity index (χ4v) is 7.55. The number of nitrogens with zero attached hydrogens (tertiary/aromatic N) is 2. The van der Waals surface area contributed by atoms with Gasteiger partial charge in [-0.1, -0.05) is 83.1 Å². The summed E-state index contributed by atoms with van der Waals surface area (Å²) in [6.07, 6.45) is 0.968. The molecule has 278 valence electrons. The molecule has 2 amide bonds. The number of carbonyl (C=O) groups excluding carboxylic acids is 3. The molecule has 0 spiro atoms. The number of amides is 2. The van der Waals surface area contributed by atoms with Crippen LogP contribution in [-0.2, 0) is 10.2 Å². The number of benzene rings is 5. The van der Waals surface area contributed by atoms with Crippen molar-refractivity contribution in [2.24, 2.45) is 5.41 Å². The number of hydrogen-bond acceptors (Lipinski definition) is 8. The SMILES string of the molecule is COc1ccc(-c2nc3c4c(c(NC(=O)c5ccccc5O)cc(Oc5ccc(C(C)(C)CC(C)(C)C)cc5)c4n2)C(=O)c2ccccc2-3)c(NC(C)=O)c1. The van der Waals surface area contributed by atoms with Crippen LogP contribution in [-0.4, -0.2) is 39.8 Å². The van der Waals surface area contributed by atoms with E-state index in [0.717, 1.165) is 12.0 Å². The van der Waals surface area contributed by atoms with E-state index in [-0.39, 0.29) is 56.7 Å². The van der Waals surface area contributed by atoms with Gasteiger partial charge in [0.15, 0.2) is 17.4 Å². The van der Waals surface area contributed by atoms with Gasteiger partial charge in [-0.05, 0) is 59.2 Å². The van der Waals surface area contributed by atoms with Crippen LogP contribution in [0.5, 0.6) is 23.0 Å². The number of para-hydroxylation sites is 1. The minimum atomic E-state index is -0.617. The lowest BCUT2D eigenvalue weighted by atomic mass is 9.72. The van der Waals surface area contributed by atoms with E-state index < -0.39 is 5.91 Å². The van der Waals surface area contributed by atoms with Crippen molar-refractivity contribution >= 4 is 39.9 Å². The highest BCUT2D eigenvalue weighted by Crippen LogP contribution is 2.47. The molecule has 1 aliphatic carbocycles. The van der Waals surface area contributed by atoms with Crippen molar-refractivity contribution in [3.63, 3.8) is 0 Å². The van der Waals surface area contributed by atoms with Gasteiger partial charge in [0, 0.05) is 41.1 Å². The molecule has 0 aliphatic heterocycles. The van der Waals surface area contributed by atoms with E-state index >= 15 is 0 Å². The number of methoxy groups -OCH3 is 1. The zero-order chi connectivity index (χ0) is 39.2. The van der Waals surface area contributed by atoms with Gasteiger partial charge in [0.25, 0.3) is 5.91 Å². The number of anilines is 2. The molecular weight excluding hydrogens is 693 g/mol. The Bertz CT molecular complexity index is 2520. The molecule has 0 saturated carbocycles. The Hall–Kier alpha value is -6.55. The molecule has 1 aliphatic rings. The van der Waals surface area contributed by atoms with Gasteiger partial charge in [0.05, 0.1) is 35.3 Å². The quantitative estimate of drug-likeness (QED) is 0.133. The minimum Gasteiger partial charge on any atom is -0.507 e. The van der Waals surface area contributed by atoms with Crippen LogP contribution in [0.15, 0.2) is 97.1 Å². The fourth-order valence-electron chi connectivity index (χ4n) is 7.55. The average molecular weight is 735 g/mol. The molecule has 7 rings (SSSR count). The Morgan fingerprint density at radius 3 is 2.11 bits per heavy atom. The molecule has 3 N–H and O–H groups in total. The van der Waals surface area contributed by atoms with Crippen LogP contribution in [0.3, 0.4) is 0 Å². The first-order chi connectivity index (χ1) is 26.1. The lowest BCUT2D eigenvalue weighted by molar-refractivity contribution is -0.114. The summed E-state index contributed by atoms with van der Waals surface area (Å²) < 4.78 is 12.1. The van der Waals surface area contributed by atoms with E-state index in [1.165, 1.54) is 26.2 Å². The van der Waals surface area contributed by atoms with Crippen LogP contribution in [0.1, 0.15) is 79.8 Å². The Balaban J connectivity index is 1.47. The number of phenolic OH excluding ortho intramolecular Hbond substituents is 1. The van der Waals surface area contributed by atoms with Gasteiger partial charge in [-0.3, -0.25) is 14.4 Å². The van der Waals surface area contributed by atoms with Crippen LogP contribution in [0.4, 0.5) is 11.4 Å². The van der Waals surface area contributed by atoms with E-state index in [9.17, 15) is 19.5 Å². The molecule has 1 heterocycles. The third kappa shape index (κ3) is 7.23. The van der Waals surface area contributed by atoms with Gasteiger partial charge in [0.1, 0.15) is 22.8 Å². The summed E-state index contributed by atoms with van der Waals surface area (Å²) in [5.41, 5.74) is 4.22. The second-order valence-electron chi connectivity index (χ2n) is 15.6. The highest BCUT2D eigenvalue weighted by atomic mass is 16.5. The van der Waals surface area contributed by atoms with Gasteiger partial charge in [-0.2, -0.15) is 0 Å². The number of fused-ring (bicyclic) bond motifs is 2. The lowest BCUT2D eigenvalue weighted by Gasteiger charge is -2.33. The van der Waals surface area contributed by atoms with Gasteiger partial charge in [-0.15, -0.1) is 0 Å². The van der Waals surface area contributed by atoms with Gasteiger partial charge < -0.3 is 25.2 Å². The first kappa shape index (κ1) is 36.8. The Morgan fingerprint density at radius 2 is 1.44 bits per heavy atom. The van der Waals surface area contributed by atoms with Crippen molar-refractivity contribution in [2.45, 2.75) is 53.4 Å². The van der Waals surface area contributed by atoms with Crippen molar-refractivity contribution in [1.29, 1.82) is 0 Å². The van der Waals surface area contributed by atoms with Crippen molar-refractivity contribution in [1.82, 2.24) is 9.97 Å². The first-order valence-electron chi connectivity index (χ1n) is 18.0. The van der Waals surface area contributed by atoms with Crippen LogP contribution in [0, 0.1) is 5.41 Å². The molecule has 55 heavy (non-hydrogen) atoms. The van der Waals surface area contributed by atoms with Crippen LogP contribution < -0.4 is 20.1 Å². The number of ether oxygens (including phenoxy) is 2. The molecule has 0 radical (unpaired) electrons. The molecule has 10 heteroatoms. The maximum absolute atomic E-state index is 14.4. The van der Waals surface area contributed by atoms with Crippen LogP contribution in [0.2, 0.25) is 0 Å². The number of hydrogen-bond donors (Lipinski definition) is 3. The van der Waals surface area contributed by atoms with Crippen molar-refractivity contribution in [3.8, 4) is 45.6 Å². The molecule has 5 aromatic carbocycles. The molecule has 0 bridgehead atoms.